The third-order valence-electron chi connectivity index (χ3n) is 6.06. The number of carbonyl (C=O) groups excluding carboxylic acids is 2. The highest BCUT2D eigenvalue weighted by atomic mass is 19.3. The molecule has 2 unspecified atom stereocenters. The number of amides is 1. The summed E-state index contributed by atoms with van der Waals surface area (Å²) in [7, 11) is 1.63. The Balaban J connectivity index is 1.68. The average molecular weight is 489 g/mol. The third kappa shape index (κ3) is 5.14. The van der Waals surface area contributed by atoms with Gasteiger partial charge in [0.05, 0.1) is 24.5 Å². The standard InChI is InChI=1S/C24H26F3N5O3/c1-28-8-2-3-9-29-22(34)17-21(33)19-20-18(31-12-24(26,27)13-32(20)23(17)35)15(11-30-19)10-14-4-6-16(25)7-5-14/h4-8,11,17,23,31,35H,2-3,9-10,12-13H2,1H3,(H,29,34). The van der Waals surface area contributed by atoms with Gasteiger partial charge in [0, 0.05) is 31.8 Å². The molecule has 8 nitrogen and oxygen atoms in total. The first kappa shape index (κ1) is 24.6. The molecule has 35 heavy (non-hydrogen) atoms. The number of nitrogens with zero attached hydrogens (tertiary/aromatic N) is 3. The van der Waals surface area contributed by atoms with Gasteiger partial charge in [0.1, 0.15) is 23.7 Å². The highest BCUT2D eigenvalue weighted by molar-refractivity contribution is 6.15. The van der Waals surface area contributed by atoms with Gasteiger partial charge in [0.15, 0.2) is 5.78 Å². The molecule has 2 aliphatic heterocycles. The first-order chi connectivity index (χ1) is 16.7. The average Bonchev–Trinajstić information content (AvgIpc) is 2.96. The normalized spacial score (nSPS) is 20.8. The summed E-state index contributed by atoms with van der Waals surface area (Å²) in [5.41, 5.74) is 1.33. The van der Waals surface area contributed by atoms with Crippen LogP contribution in [0.15, 0.2) is 35.5 Å². The van der Waals surface area contributed by atoms with E-state index in [-0.39, 0.29) is 30.0 Å². The van der Waals surface area contributed by atoms with Crippen LogP contribution in [-0.4, -0.2) is 66.8 Å². The van der Waals surface area contributed by atoms with Crippen LogP contribution < -0.4 is 15.5 Å². The van der Waals surface area contributed by atoms with Gasteiger partial charge in [0.2, 0.25) is 5.91 Å². The number of ketones is 1. The van der Waals surface area contributed by atoms with Crippen molar-refractivity contribution in [1.82, 2.24) is 10.3 Å². The maximum atomic E-state index is 14.7. The maximum absolute atomic E-state index is 14.7. The van der Waals surface area contributed by atoms with Crippen LogP contribution in [0.1, 0.15) is 34.5 Å². The highest BCUT2D eigenvalue weighted by Crippen LogP contribution is 2.43. The number of aliphatic imine (C=N–C) groups is 1. The van der Waals surface area contributed by atoms with E-state index < -0.39 is 48.7 Å². The number of rotatable bonds is 7. The lowest BCUT2D eigenvalue weighted by Crippen LogP contribution is -2.56. The number of alkyl halides is 2. The first-order valence-electron chi connectivity index (χ1n) is 11.3. The predicted molar refractivity (Wildman–Crippen MR) is 125 cm³/mol. The molecule has 1 aromatic carbocycles. The molecule has 186 valence electrons. The van der Waals surface area contributed by atoms with Crippen LogP contribution in [0.4, 0.5) is 24.5 Å². The number of aromatic nitrogens is 1. The summed E-state index contributed by atoms with van der Waals surface area (Å²) in [5, 5.41) is 16.3. The van der Waals surface area contributed by atoms with Gasteiger partial charge in [0.25, 0.3) is 5.92 Å². The fourth-order valence-corrected chi connectivity index (χ4v) is 4.34. The number of anilines is 2. The van der Waals surface area contributed by atoms with E-state index >= 15 is 0 Å². The van der Waals surface area contributed by atoms with Crippen molar-refractivity contribution in [1.29, 1.82) is 0 Å². The molecule has 0 radical (unpaired) electrons. The summed E-state index contributed by atoms with van der Waals surface area (Å²) in [6.07, 6.45) is 2.70. The van der Waals surface area contributed by atoms with Crippen molar-refractivity contribution in [2.75, 3.05) is 36.9 Å². The van der Waals surface area contributed by atoms with Crippen molar-refractivity contribution in [3.8, 4) is 0 Å². The number of hydrogen-bond donors (Lipinski definition) is 3. The molecular formula is C24H26F3N5O3. The molecule has 3 heterocycles. The summed E-state index contributed by atoms with van der Waals surface area (Å²) in [5.74, 6) is -6.75. The van der Waals surface area contributed by atoms with Crippen molar-refractivity contribution >= 4 is 29.3 Å². The van der Waals surface area contributed by atoms with Crippen LogP contribution >= 0.6 is 0 Å². The number of carbonyl (C=O) groups is 2. The van der Waals surface area contributed by atoms with E-state index in [2.05, 4.69) is 20.6 Å². The van der Waals surface area contributed by atoms with Gasteiger partial charge in [-0.1, -0.05) is 12.1 Å². The fraction of sp³-hybridized carbons (Fsp3) is 0.417. The van der Waals surface area contributed by atoms with E-state index in [1.54, 1.807) is 25.4 Å². The van der Waals surface area contributed by atoms with Gasteiger partial charge in [-0.3, -0.25) is 14.6 Å². The van der Waals surface area contributed by atoms with Crippen LogP contribution in [0.3, 0.4) is 0 Å². The minimum absolute atomic E-state index is 0.0440. The van der Waals surface area contributed by atoms with Crippen LogP contribution in [-0.2, 0) is 11.2 Å². The number of benzene rings is 1. The number of pyridine rings is 1. The molecule has 2 aliphatic rings. The van der Waals surface area contributed by atoms with Crippen LogP contribution in [0, 0.1) is 11.7 Å². The Hall–Kier alpha value is -3.47. The Bertz CT molecular complexity index is 1140. The molecule has 1 amide bonds. The second-order valence-electron chi connectivity index (χ2n) is 8.63. The molecule has 2 aromatic rings. The smallest absolute Gasteiger partial charge is 0.282 e. The largest absolute Gasteiger partial charge is 0.377 e. The third-order valence-corrected chi connectivity index (χ3v) is 6.06. The molecule has 3 N–H and O–H groups in total. The summed E-state index contributed by atoms with van der Waals surface area (Å²) >= 11 is 0. The lowest BCUT2D eigenvalue weighted by molar-refractivity contribution is -0.127. The highest BCUT2D eigenvalue weighted by Gasteiger charge is 2.50. The second kappa shape index (κ2) is 10.0. The van der Waals surface area contributed by atoms with Gasteiger partial charge in [-0.2, -0.15) is 0 Å². The number of hydrogen-bond acceptors (Lipinski definition) is 7. The summed E-state index contributed by atoms with van der Waals surface area (Å²) in [6.45, 7) is -1.39. The van der Waals surface area contributed by atoms with Crippen molar-refractivity contribution in [2.45, 2.75) is 31.4 Å². The number of Topliss-reactive ketones (excluding diaryl/α,β-unsaturated/α-hetero) is 1. The van der Waals surface area contributed by atoms with Crippen molar-refractivity contribution in [3.63, 3.8) is 0 Å². The molecule has 0 saturated carbocycles. The van der Waals surface area contributed by atoms with Gasteiger partial charge in [-0.05, 0) is 36.8 Å². The van der Waals surface area contributed by atoms with Crippen molar-refractivity contribution < 1.29 is 27.9 Å². The zero-order valence-corrected chi connectivity index (χ0v) is 19.1. The van der Waals surface area contributed by atoms with Gasteiger partial charge >= 0.3 is 0 Å². The quantitative estimate of drug-likeness (QED) is 0.313. The maximum Gasteiger partial charge on any atom is 0.282 e. The zero-order valence-electron chi connectivity index (χ0n) is 19.1. The molecule has 0 saturated heterocycles. The minimum atomic E-state index is -3.26. The van der Waals surface area contributed by atoms with Crippen LogP contribution in [0.5, 0.6) is 0 Å². The summed E-state index contributed by atoms with van der Waals surface area (Å²) in [6, 6.07) is 5.71. The van der Waals surface area contributed by atoms with E-state index in [1.807, 2.05) is 0 Å². The number of aliphatic hydroxyl groups excluding tert-OH is 1. The van der Waals surface area contributed by atoms with Crippen LogP contribution in [0.25, 0.3) is 0 Å². The fourth-order valence-electron chi connectivity index (χ4n) is 4.34. The van der Waals surface area contributed by atoms with E-state index in [1.165, 1.54) is 18.3 Å². The summed E-state index contributed by atoms with van der Waals surface area (Å²) in [4.78, 5) is 35.1. The molecule has 0 aliphatic carbocycles. The Morgan fingerprint density at radius 1 is 1.37 bits per heavy atom. The van der Waals surface area contributed by atoms with Crippen molar-refractivity contribution in [3.05, 3.63) is 53.1 Å². The van der Waals surface area contributed by atoms with E-state index in [0.29, 0.717) is 24.0 Å². The summed E-state index contributed by atoms with van der Waals surface area (Å²) < 4.78 is 42.6. The zero-order chi connectivity index (χ0) is 25.2. The molecular weight excluding hydrogens is 463 g/mol. The van der Waals surface area contributed by atoms with Gasteiger partial charge in [-0.25, -0.2) is 13.2 Å². The minimum Gasteiger partial charge on any atom is -0.377 e. The van der Waals surface area contributed by atoms with Gasteiger partial charge < -0.3 is 25.6 Å². The molecule has 4 rings (SSSR count). The van der Waals surface area contributed by atoms with E-state index in [4.69, 9.17) is 0 Å². The van der Waals surface area contributed by atoms with E-state index in [0.717, 1.165) is 4.90 Å². The number of unbranched alkanes of at least 4 members (excludes halogenated alkanes) is 1. The lowest BCUT2D eigenvalue weighted by atomic mass is 9.89. The second-order valence-corrected chi connectivity index (χ2v) is 8.63. The molecule has 1 aromatic heterocycles. The number of nitrogens with one attached hydrogen (secondary N) is 2. The molecule has 11 heteroatoms. The Morgan fingerprint density at radius 2 is 2.11 bits per heavy atom. The molecule has 0 bridgehead atoms. The van der Waals surface area contributed by atoms with Gasteiger partial charge in [-0.15, -0.1) is 0 Å². The number of aliphatic hydroxyl groups is 1. The Morgan fingerprint density at radius 3 is 2.83 bits per heavy atom. The Kier molecular flexibility index (Phi) is 7.06. The topological polar surface area (TPSA) is 107 Å². The molecule has 0 fully saturated rings. The molecule has 2 atom stereocenters. The lowest BCUT2D eigenvalue weighted by Gasteiger charge is -2.39. The SMILES string of the molecule is CN=CCCCNC(=O)C1C(=O)c2ncc(Cc3ccc(F)cc3)c3c2N(CC(F)(F)CN3)C1O. The Labute approximate surface area is 200 Å². The van der Waals surface area contributed by atoms with Crippen molar-refractivity contribution in [2.24, 2.45) is 10.9 Å². The monoisotopic (exact) mass is 489 g/mol. The number of halogens is 3. The molecule has 0 spiro atoms. The first-order valence-corrected chi connectivity index (χ1v) is 11.3. The van der Waals surface area contributed by atoms with E-state index in [9.17, 15) is 27.9 Å². The van der Waals surface area contributed by atoms with Crippen LogP contribution in [0.2, 0.25) is 0 Å². The predicted octanol–water partition coefficient (Wildman–Crippen LogP) is 2.41.